The van der Waals surface area contributed by atoms with E-state index in [0.717, 1.165) is 0 Å². The lowest BCUT2D eigenvalue weighted by molar-refractivity contribution is 0.00708. The summed E-state index contributed by atoms with van der Waals surface area (Å²) in [7, 11) is 0. The molecule has 0 bridgehead atoms. The smallest absolute Gasteiger partial charge is 0.344 e. The van der Waals surface area contributed by atoms with E-state index >= 15 is 0 Å². The van der Waals surface area contributed by atoms with Crippen LogP contribution in [0.2, 0.25) is 0 Å². The lowest BCUT2D eigenvalue weighted by atomic mass is 9.97. The van der Waals surface area contributed by atoms with Gasteiger partial charge in [-0.25, -0.2) is 4.79 Å². The first-order chi connectivity index (χ1) is 18.1. The van der Waals surface area contributed by atoms with Crippen molar-refractivity contribution in [2.75, 3.05) is 52.9 Å². The average Bonchev–Trinajstić information content (AvgIpc) is 2.92. The Morgan fingerprint density at radius 2 is 1.32 bits per heavy atom. The summed E-state index contributed by atoms with van der Waals surface area (Å²) >= 11 is 0. The van der Waals surface area contributed by atoms with Crippen molar-refractivity contribution < 1.29 is 33.2 Å². The summed E-state index contributed by atoms with van der Waals surface area (Å²) in [5.74, 6) is 0.742. The molecular weight excluding hydrogens is 478 g/mol. The van der Waals surface area contributed by atoms with Gasteiger partial charge >= 0.3 is 5.63 Å². The van der Waals surface area contributed by atoms with Gasteiger partial charge in [0, 0.05) is 10.9 Å². The van der Waals surface area contributed by atoms with Gasteiger partial charge in [0.05, 0.1) is 56.3 Å². The lowest BCUT2D eigenvalue weighted by Gasteiger charge is -2.16. The molecule has 5 rings (SSSR count). The summed E-state index contributed by atoms with van der Waals surface area (Å²) in [5, 5.41) is 21.4. The highest BCUT2D eigenvalue weighted by Crippen LogP contribution is 2.35. The lowest BCUT2D eigenvalue weighted by Crippen LogP contribution is -2.13. The van der Waals surface area contributed by atoms with Crippen molar-refractivity contribution in [1.82, 2.24) is 0 Å². The molecule has 0 atom stereocenters. The van der Waals surface area contributed by atoms with Crippen LogP contribution in [0.15, 0.2) is 63.8 Å². The van der Waals surface area contributed by atoms with Crippen molar-refractivity contribution in [1.29, 1.82) is 5.41 Å². The van der Waals surface area contributed by atoms with Crippen molar-refractivity contribution in [2.24, 2.45) is 0 Å². The van der Waals surface area contributed by atoms with E-state index in [-0.39, 0.29) is 29.2 Å². The molecule has 0 saturated heterocycles. The minimum absolute atomic E-state index is 0.0273. The molecule has 1 aromatic heterocycles. The number of benzene rings is 3. The predicted molar refractivity (Wildman–Crippen MR) is 137 cm³/mol. The van der Waals surface area contributed by atoms with Gasteiger partial charge in [-0.2, -0.15) is 0 Å². The van der Waals surface area contributed by atoms with Crippen LogP contribution in [-0.2, 0) is 14.2 Å². The Hall–Kier alpha value is -3.92. The number of phenolic OH excluding ortho intramolecular Hbond substituents is 1. The molecule has 0 unspecified atom stereocenters. The number of hydrogen-bond donors (Lipinski definition) is 2. The standard InChI is InChI=1S/C28H27NO8/c29-26(25-22(30)7-6-20-19-3-1-2-4-21(19)28(31)37-27(20)25)18-5-8-23-24(17-18)36-16-14-34-12-10-32-9-11-33-13-15-35-23/h1-8,17,29-30H,9-16H2. The fourth-order valence-corrected chi connectivity index (χ4v) is 4.18. The van der Waals surface area contributed by atoms with E-state index in [1.807, 2.05) is 12.1 Å². The van der Waals surface area contributed by atoms with Crippen LogP contribution in [-0.4, -0.2) is 63.7 Å². The first-order valence-corrected chi connectivity index (χ1v) is 12.0. The van der Waals surface area contributed by atoms with Crippen LogP contribution in [0.4, 0.5) is 0 Å². The van der Waals surface area contributed by atoms with Gasteiger partial charge in [0.1, 0.15) is 19.0 Å². The Balaban J connectivity index is 1.50. The van der Waals surface area contributed by atoms with E-state index in [4.69, 9.17) is 33.5 Å². The molecule has 0 saturated carbocycles. The van der Waals surface area contributed by atoms with Crippen LogP contribution in [0.5, 0.6) is 17.2 Å². The summed E-state index contributed by atoms with van der Waals surface area (Å²) in [6.07, 6.45) is 0. The third-order valence-corrected chi connectivity index (χ3v) is 5.96. The van der Waals surface area contributed by atoms with Crippen molar-refractivity contribution >= 4 is 27.5 Å². The minimum Gasteiger partial charge on any atom is -0.507 e. The molecule has 0 radical (unpaired) electrons. The van der Waals surface area contributed by atoms with E-state index < -0.39 is 5.63 Å². The number of rotatable bonds is 2. The van der Waals surface area contributed by atoms with Gasteiger partial charge in [0.15, 0.2) is 17.1 Å². The van der Waals surface area contributed by atoms with Gasteiger partial charge in [0.2, 0.25) is 0 Å². The van der Waals surface area contributed by atoms with Crippen LogP contribution < -0.4 is 15.1 Å². The molecule has 192 valence electrons. The van der Waals surface area contributed by atoms with Crippen molar-refractivity contribution in [3.63, 3.8) is 0 Å². The van der Waals surface area contributed by atoms with Gasteiger partial charge in [0.25, 0.3) is 0 Å². The summed E-state index contributed by atoms with van der Waals surface area (Å²) < 4.78 is 33.9. The molecule has 0 fully saturated rings. The van der Waals surface area contributed by atoms with Crippen LogP contribution in [0.25, 0.3) is 21.7 Å². The number of nitrogens with one attached hydrogen (secondary N) is 1. The third-order valence-electron chi connectivity index (χ3n) is 5.96. The summed E-state index contributed by atoms with van der Waals surface area (Å²) in [4.78, 5) is 12.7. The minimum atomic E-state index is -0.535. The maximum atomic E-state index is 12.7. The topological polar surface area (TPSA) is 120 Å². The van der Waals surface area contributed by atoms with Gasteiger partial charge in [-0.1, -0.05) is 18.2 Å². The van der Waals surface area contributed by atoms with Gasteiger partial charge in [-0.15, -0.1) is 0 Å². The second-order valence-corrected chi connectivity index (χ2v) is 8.34. The number of ether oxygens (including phenoxy) is 5. The maximum Gasteiger partial charge on any atom is 0.344 e. The highest BCUT2D eigenvalue weighted by Gasteiger charge is 2.20. The van der Waals surface area contributed by atoms with E-state index in [0.29, 0.717) is 79.5 Å². The van der Waals surface area contributed by atoms with Crippen molar-refractivity contribution in [3.8, 4) is 17.2 Å². The molecule has 2 heterocycles. The van der Waals surface area contributed by atoms with Crippen LogP contribution in [0.1, 0.15) is 11.1 Å². The molecule has 1 aliphatic rings. The van der Waals surface area contributed by atoms with E-state index in [2.05, 4.69) is 0 Å². The van der Waals surface area contributed by atoms with Gasteiger partial charge < -0.3 is 33.2 Å². The monoisotopic (exact) mass is 505 g/mol. The number of fused-ring (bicyclic) bond motifs is 4. The summed E-state index contributed by atoms with van der Waals surface area (Å²) in [5.41, 5.74) is 0.155. The summed E-state index contributed by atoms with van der Waals surface area (Å²) in [6.45, 7) is 3.17. The SMILES string of the molecule is N=C(c1ccc2c(c1)OCCOCCOCCOCCO2)c1c(O)ccc2c1oc(=O)c1ccccc12. The molecule has 0 aliphatic carbocycles. The fourth-order valence-electron chi connectivity index (χ4n) is 4.18. The van der Waals surface area contributed by atoms with Crippen molar-refractivity contribution in [2.45, 2.75) is 0 Å². The molecule has 1 aliphatic heterocycles. The molecule has 0 amide bonds. The van der Waals surface area contributed by atoms with Crippen LogP contribution >= 0.6 is 0 Å². The van der Waals surface area contributed by atoms with Crippen LogP contribution in [0, 0.1) is 5.41 Å². The zero-order valence-electron chi connectivity index (χ0n) is 20.2. The zero-order valence-corrected chi connectivity index (χ0v) is 20.2. The molecule has 9 nitrogen and oxygen atoms in total. The molecule has 9 heteroatoms. The third kappa shape index (κ3) is 5.43. The first-order valence-electron chi connectivity index (χ1n) is 12.0. The molecule has 0 spiro atoms. The highest BCUT2D eigenvalue weighted by molar-refractivity contribution is 6.21. The molecule has 4 aromatic rings. The Labute approximate surface area is 212 Å². The van der Waals surface area contributed by atoms with E-state index in [9.17, 15) is 9.90 Å². The second-order valence-electron chi connectivity index (χ2n) is 8.34. The molecule has 37 heavy (non-hydrogen) atoms. The number of aromatic hydroxyl groups is 1. The highest BCUT2D eigenvalue weighted by atomic mass is 16.6. The quantitative estimate of drug-likeness (QED) is 0.239. The Morgan fingerprint density at radius 1 is 0.703 bits per heavy atom. The second kappa shape index (κ2) is 11.4. The maximum absolute atomic E-state index is 12.7. The normalized spacial score (nSPS) is 15.7. The van der Waals surface area contributed by atoms with Crippen molar-refractivity contribution in [3.05, 3.63) is 76.1 Å². The fraction of sp³-hybridized carbons (Fsp3) is 0.286. The molecular formula is C28H27NO8. The van der Waals surface area contributed by atoms with Crippen LogP contribution in [0.3, 0.4) is 0 Å². The average molecular weight is 506 g/mol. The first kappa shape index (κ1) is 24.8. The Bertz CT molecular complexity index is 1480. The Morgan fingerprint density at radius 3 is 2.03 bits per heavy atom. The predicted octanol–water partition coefficient (Wildman–Crippen LogP) is 3.89. The molecule has 2 N–H and O–H groups in total. The largest absolute Gasteiger partial charge is 0.507 e. The number of hydrogen-bond acceptors (Lipinski definition) is 9. The zero-order chi connectivity index (χ0) is 25.6. The Kier molecular flexibility index (Phi) is 7.65. The van der Waals surface area contributed by atoms with E-state index in [1.165, 1.54) is 6.07 Å². The van der Waals surface area contributed by atoms with Gasteiger partial charge in [-0.3, -0.25) is 5.41 Å². The number of phenols is 1. The summed E-state index contributed by atoms with van der Waals surface area (Å²) in [6, 6.07) is 15.3. The van der Waals surface area contributed by atoms with Gasteiger partial charge in [-0.05, 0) is 41.8 Å². The van der Waals surface area contributed by atoms with E-state index in [1.54, 1.807) is 36.4 Å². The molecule has 3 aromatic carbocycles.